The SMILES string of the molecule is CN(C)C(=O)c1ccc(-c2cc(CC(=O)C3(c4ccc5c(c4)OCO5)CC3)ccc2C(=O)C[C@H](CO)C(C)(C)C)cc1. The largest absolute Gasteiger partial charge is 0.454 e. The number of ketones is 2. The Morgan fingerprint density at radius 3 is 2.24 bits per heavy atom. The van der Waals surface area contributed by atoms with Gasteiger partial charge in [-0.05, 0) is 76.8 Å². The molecule has 2 aliphatic rings. The maximum Gasteiger partial charge on any atom is 0.253 e. The van der Waals surface area contributed by atoms with Gasteiger partial charge in [0, 0.05) is 44.7 Å². The summed E-state index contributed by atoms with van der Waals surface area (Å²) in [5, 5.41) is 10.0. The minimum Gasteiger partial charge on any atom is -0.454 e. The van der Waals surface area contributed by atoms with Crippen molar-refractivity contribution in [3.05, 3.63) is 82.9 Å². The van der Waals surface area contributed by atoms with Gasteiger partial charge in [-0.3, -0.25) is 14.4 Å². The van der Waals surface area contributed by atoms with E-state index in [9.17, 15) is 19.5 Å². The Hall–Kier alpha value is -3.97. The van der Waals surface area contributed by atoms with Crippen LogP contribution < -0.4 is 9.47 Å². The highest BCUT2D eigenvalue weighted by Gasteiger charge is 2.50. The molecule has 0 saturated heterocycles. The summed E-state index contributed by atoms with van der Waals surface area (Å²) in [7, 11) is 3.41. The van der Waals surface area contributed by atoms with Crippen LogP contribution in [-0.4, -0.2) is 55.0 Å². The summed E-state index contributed by atoms with van der Waals surface area (Å²) >= 11 is 0. The minimum atomic E-state index is -0.537. The van der Waals surface area contributed by atoms with E-state index >= 15 is 0 Å². The Morgan fingerprint density at radius 2 is 1.62 bits per heavy atom. The molecule has 7 nitrogen and oxygen atoms in total. The van der Waals surface area contributed by atoms with Gasteiger partial charge in [0.2, 0.25) is 6.79 Å². The molecule has 1 saturated carbocycles. The summed E-state index contributed by atoms with van der Waals surface area (Å²) in [6, 6.07) is 18.5. The lowest BCUT2D eigenvalue weighted by atomic mass is 9.77. The Balaban J connectivity index is 1.46. The lowest BCUT2D eigenvalue weighted by Crippen LogP contribution is -2.27. The van der Waals surface area contributed by atoms with E-state index < -0.39 is 5.41 Å². The summed E-state index contributed by atoms with van der Waals surface area (Å²) in [4.78, 5) is 41.4. The molecule has 1 heterocycles. The zero-order chi connectivity index (χ0) is 30.2. The van der Waals surface area contributed by atoms with Gasteiger partial charge >= 0.3 is 0 Å². The molecule has 1 aliphatic heterocycles. The van der Waals surface area contributed by atoms with Gasteiger partial charge in [-0.25, -0.2) is 0 Å². The van der Waals surface area contributed by atoms with Crippen molar-refractivity contribution in [2.24, 2.45) is 11.3 Å². The third kappa shape index (κ3) is 5.84. The number of benzene rings is 3. The van der Waals surface area contributed by atoms with Crippen LogP contribution in [0.4, 0.5) is 0 Å². The second-order valence-corrected chi connectivity index (χ2v) is 12.8. The summed E-state index contributed by atoms with van der Waals surface area (Å²) in [5.74, 6) is 1.13. The van der Waals surface area contributed by atoms with E-state index in [-0.39, 0.29) is 55.0 Å². The van der Waals surface area contributed by atoms with E-state index in [1.54, 1.807) is 32.3 Å². The Bertz CT molecular complexity index is 1510. The molecule has 0 aromatic heterocycles. The number of Topliss-reactive ketones (excluding diaryl/α,β-unsaturated/α-hetero) is 2. The molecule has 0 spiro atoms. The van der Waals surface area contributed by atoms with Crippen LogP contribution in [0.15, 0.2) is 60.7 Å². The second-order valence-electron chi connectivity index (χ2n) is 12.8. The number of carbonyl (C=O) groups is 3. The van der Waals surface area contributed by atoms with Gasteiger partial charge in [0.15, 0.2) is 17.3 Å². The molecule has 7 heteroatoms. The number of aliphatic hydroxyl groups is 1. The number of aliphatic hydroxyl groups excluding tert-OH is 1. The minimum absolute atomic E-state index is 0.0654. The van der Waals surface area contributed by atoms with Crippen LogP contribution in [0.5, 0.6) is 11.5 Å². The van der Waals surface area contributed by atoms with Crippen LogP contribution >= 0.6 is 0 Å². The molecular formula is C35H39NO6. The topological polar surface area (TPSA) is 93.1 Å². The Morgan fingerprint density at radius 1 is 0.929 bits per heavy atom. The van der Waals surface area contributed by atoms with Crippen molar-refractivity contribution in [1.29, 1.82) is 0 Å². The number of fused-ring (bicyclic) bond motifs is 1. The molecule has 1 aliphatic carbocycles. The van der Waals surface area contributed by atoms with E-state index in [2.05, 4.69) is 0 Å². The summed E-state index contributed by atoms with van der Waals surface area (Å²) in [6.07, 6.45) is 2.00. The van der Waals surface area contributed by atoms with E-state index in [1.165, 1.54) is 4.90 Å². The van der Waals surface area contributed by atoms with Gasteiger partial charge in [-0.2, -0.15) is 0 Å². The van der Waals surface area contributed by atoms with Gasteiger partial charge < -0.3 is 19.5 Å². The second kappa shape index (κ2) is 11.4. The average molecular weight is 570 g/mol. The van der Waals surface area contributed by atoms with Crippen LogP contribution in [0, 0.1) is 11.3 Å². The smallest absolute Gasteiger partial charge is 0.253 e. The standard InChI is InChI=1S/C35H39NO6/c1-34(2,3)26(20-37)18-29(38)27-12-6-22(16-28(27)23-7-9-24(10-8-23)33(40)36(4)5)17-32(39)35(14-15-35)25-11-13-30-31(19-25)42-21-41-30/h6-13,16,19,26,37H,14-15,17-18,20-21H2,1-5H3/t26-/m1/s1. The van der Waals surface area contributed by atoms with Crippen molar-refractivity contribution in [2.45, 2.75) is 51.9 Å². The molecule has 1 N–H and O–H groups in total. The molecule has 0 bridgehead atoms. The zero-order valence-corrected chi connectivity index (χ0v) is 25.0. The van der Waals surface area contributed by atoms with Gasteiger partial charge in [0.1, 0.15) is 5.78 Å². The molecule has 1 amide bonds. The van der Waals surface area contributed by atoms with Crippen molar-refractivity contribution < 1.29 is 29.0 Å². The van der Waals surface area contributed by atoms with Crippen LogP contribution in [-0.2, 0) is 16.6 Å². The van der Waals surface area contributed by atoms with E-state index in [0.717, 1.165) is 29.5 Å². The normalized spacial score (nSPS) is 15.7. The molecule has 0 radical (unpaired) electrons. The van der Waals surface area contributed by atoms with Gasteiger partial charge in [0.25, 0.3) is 5.91 Å². The van der Waals surface area contributed by atoms with Crippen LogP contribution in [0.2, 0.25) is 0 Å². The quantitative estimate of drug-likeness (QED) is 0.308. The Labute approximate surface area is 247 Å². The molecule has 3 aromatic rings. The monoisotopic (exact) mass is 569 g/mol. The number of amides is 1. The lowest BCUT2D eigenvalue weighted by molar-refractivity contribution is -0.120. The van der Waals surface area contributed by atoms with Crippen LogP contribution in [0.1, 0.15) is 71.9 Å². The fourth-order valence-electron chi connectivity index (χ4n) is 5.61. The first kappa shape index (κ1) is 29.5. The first-order valence-electron chi connectivity index (χ1n) is 14.5. The fraction of sp³-hybridized carbons (Fsp3) is 0.400. The summed E-state index contributed by atoms with van der Waals surface area (Å²) in [5.41, 5.74) is 3.59. The maximum absolute atomic E-state index is 13.7. The van der Waals surface area contributed by atoms with E-state index in [1.807, 2.05) is 63.2 Å². The van der Waals surface area contributed by atoms with Crippen LogP contribution in [0.25, 0.3) is 11.1 Å². The van der Waals surface area contributed by atoms with Crippen molar-refractivity contribution in [2.75, 3.05) is 27.5 Å². The fourth-order valence-corrected chi connectivity index (χ4v) is 5.61. The number of carbonyl (C=O) groups excluding carboxylic acids is 3. The van der Waals surface area contributed by atoms with E-state index in [0.29, 0.717) is 28.2 Å². The third-order valence-corrected chi connectivity index (χ3v) is 8.68. The van der Waals surface area contributed by atoms with Crippen molar-refractivity contribution in [1.82, 2.24) is 4.90 Å². The molecule has 3 aromatic carbocycles. The van der Waals surface area contributed by atoms with E-state index in [4.69, 9.17) is 9.47 Å². The lowest BCUT2D eigenvalue weighted by Gasteiger charge is -2.28. The molecular weight excluding hydrogens is 530 g/mol. The van der Waals surface area contributed by atoms with Crippen LogP contribution in [0.3, 0.4) is 0 Å². The van der Waals surface area contributed by atoms with Crippen molar-refractivity contribution >= 4 is 17.5 Å². The number of nitrogens with zero attached hydrogens (tertiary/aromatic N) is 1. The third-order valence-electron chi connectivity index (χ3n) is 8.68. The molecule has 1 atom stereocenters. The first-order chi connectivity index (χ1) is 19.9. The highest BCUT2D eigenvalue weighted by Crippen LogP contribution is 2.51. The molecule has 42 heavy (non-hydrogen) atoms. The first-order valence-corrected chi connectivity index (χ1v) is 14.5. The van der Waals surface area contributed by atoms with Gasteiger partial charge in [-0.15, -0.1) is 0 Å². The predicted molar refractivity (Wildman–Crippen MR) is 161 cm³/mol. The number of hydrogen-bond acceptors (Lipinski definition) is 6. The molecule has 1 fully saturated rings. The zero-order valence-electron chi connectivity index (χ0n) is 25.0. The summed E-state index contributed by atoms with van der Waals surface area (Å²) in [6.45, 7) is 6.16. The number of hydrogen-bond donors (Lipinski definition) is 1. The molecule has 220 valence electrons. The number of ether oxygens (including phenoxy) is 2. The van der Waals surface area contributed by atoms with Crippen molar-refractivity contribution in [3.8, 4) is 22.6 Å². The summed E-state index contributed by atoms with van der Waals surface area (Å²) < 4.78 is 11.0. The van der Waals surface area contributed by atoms with Crippen molar-refractivity contribution in [3.63, 3.8) is 0 Å². The highest BCUT2D eigenvalue weighted by molar-refractivity contribution is 6.03. The maximum atomic E-state index is 13.7. The highest BCUT2D eigenvalue weighted by atomic mass is 16.7. The Kier molecular flexibility index (Phi) is 7.99. The molecule has 5 rings (SSSR count). The number of rotatable bonds is 10. The predicted octanol–water partition coefficient (Wildman–Crippen LogP) is 5.85. The average Bonchev–Trinajstić information content (AvgIpc) is 3.65. The van der Waals surface area contributed by atoms with Gasteiger partial charge in [-0.1, -0.05) is 51.1 Å². The van der Waals surface area contributed by atoms with Gasteiger partial charge in [0.05, 0.1) is 5.41 Å². The molecule has 0 unspecified atom stereocenters.